The highest BCUT2D eigenvalue weighted by atomic mass is 32.1. The summed E-state index contributed by atoms with van der Waals surface area (Å²) in [7, 11) is 1.34. The minimum atomic E-state index is -0.619. The van der Waals surface area contributed by atoms with E-state index in [9.17, 15) is 9.90 Å². The highest BCUT2D eigenvalue weighted by molar-refractivity contribution is 7.13. The first-order chi connectivity index (χ1) is 13.6. The van der Waals surface area contributed by atoms with E-state index in [-0.39, 0.29) is 6.10 Å². The van der Waals surface area contributed by atoms with Gasteiger partial charge in [0.05, 0.1) is 7.11 Å². The van der Waals surface area contributed by atoms with Crippen molar-refractivity contribution in [1.82, 2.24) is 15.0 Å². The zero-order valence-corrected chi connectivity index (χ0v) is 16.1. The number of pyridine rings is 1. The molecule has 0 aliphatic heterocycles. The Kier molecular flexibility index (Phi) is 4.85. The van der Waals surface area contributed by atoms with E-state index in [2.05, 4.69) is 15.0 Å². The lowest BCUT2D eigenvalue weighted by Crippen LogP contribution is -2.14. The molecule has 28 heavy (non-hydrogen) atoms. The Hall–Kier alpha value is -3.16. The maximum atomic E-state index is 12.1. The van der Waals surface area contributed by atoms with Crippen LogP contribution in [0.3, 0.4) is 0 Å². The number of hydrogen-bond donors (Lipinski definition) is 1. The Labute approximate surface area is 165 Å². The van der Waals surface area contributed by atoms with E-state index in [1.165, 1.54) is 18.4 Å². The molecule has 0 aliphatic rings. The number of benzene rings is 1. The summed E-state index contributed by atoms with van der Waals surface area (Å²) in [4.78, 5) is 25.4. The highest BCUT2D eigenvalue weighted by Crippen LogP contribution is 2.36. The lowest BCUT2D eigenvalue weighted by Gasteiger charge is -2.25. The van der Waals surface area contributed by atoms with E-state index in [1.54, 1.807) is 24.7 Å². The lowest BCUT2D eigenvalue weighted by molar-refractivity contribution is -0.142. The maximum Gasteiger partial charge on any atom is 0.300 e. The van der Waals surface area contributed by atoms with Crippen LogP contribution in [0.1, 0.15) is 29.8 Å². The third kappa shape index (κ3) is 3.15. The van der Waals surface area contributed by atoms with Crippen LogP contribution in [-0.2, 0) is 9.53 Å². The number of fused-ring (bicyclic) bond motifs is 1. The number of esters is 1. The van der Waals surface area contributed by atoms with Gasteiger partial charge < -0.3 is 19.8 Å². The molecule has 1 atom stereocenters. The van der Waals surface area contributed by atoms with Gasteiger partial charge in [0.15, 0.2) is 11.3 Å². The van der Waals surface area contributed by atoms with Crippen molar-refractivity contribution in [1.29, 1.82) is 0 Å². The number of thiazole rings is 1. The Morgan fingerprint density at radius 3 is 2.93 bits per heavy atom. The number of aliphatic hydroxyl groups is 1. The topological polar surface area (TPSA) is 85.2 Å². The Bertz CT molecular complexity index is 1120. The smallest absolute Gasteiger partial charge is 0.300 e. The number of nitrogens with zero attached hydrogens (tertiary/aromatic N) is 3. The van der Waals surface area contributed by atoms with Gasteiger partial charge in [0.1, 0.15) is 5.38 Å². The van der Waals surface area contributed by atoms with Gasteiger partial charge in [-0.15, -0.1) is 6.07 Å². The maximum absolute atomic E-state index is 12.1. The summed E-state index contributed by atoms with van der Waals surface area (Å²) < 4.78 is 4.87. The Morgan fingerprint density at radius 2 is 2.18 bits per heavy atom. The number of aliphatic hydroxyl groups excluding tert-OH is 1. The molecule has 3 heterocycles. The molecular formula is C21H17N3O3S-2. The number of para-hydroxylation sites is 1. The number of carbonyl (C=O) groups is 1. The van der Waals surface area contributed by atoms with Crippen LogP contribution in [0, 0.1) is 6.10 Å². The molecule has 4 aromatic rings. The monoisotopic (exact) mass is 391 g/mol. The minimum Gasteiger partial charge on any atom is -0.469 e. The van der Waals surface area contributed by atoms with Gasteiger partial charge in [0.2, 0.25) is 5.01 Å². The lowest BCUT2D eigenvalue weighted by atomic mass is 9.96. The average molecular weight is 391 g/mol. The summed E-state index contributed by atoms with van der Waals surface area (Å²) in [6.07, 6.45) is 3.42. The number of ether oxygens (including phenoxy) is 1. The first-order valence-corrected chi connectivity index (χ1v) is 9.54. The molecule has 0 saturated heterocycles. The van der Waals surface area contributed by atoms with Crippen molar-refractivity contribution < 1.29 is 14.6 Å². The van der Waals surface area contributed by atoms with Crippen LogP contribution in [0.5, 0.6) is 0 Å². The predicted octanol–water partition coefficient (Wildman–Crippen LogP) is 4.05. The van der Waals surface area contributed by atoms with Crippen LogP contribution in [0.4, 0.5) is 0 Å². The molecule has 0 fully saturated rings. The fourth-order valence-electron chi connectivity index (χ4n) is 3.09. The van der Waals surface area contributed by atoms with Gasteiger partial charge in [0, 0.05) is 12.1 Å². The summed E-state index contributed by atoms with van der Waals surface area (Å²) >= 11 is 1.41. The molecule has 7 heteroatoms. The molecule has 1 unspecified atom stereocenters. The largest absolute Gasteiger partial charge is 0.469 e. The van der Waals surface area contributed by atoms with Gasteiger partial charge in [-0.25, -0.2) is 0 Å². The molecule has 3 aromatic heterocycles. The van der Waals surface area contributed by atoms with Crippen LogP contribution < -0.4 is 0 Å². The number of rotatable bonds is 5. The van der Waals surface area contributed by atoms with E-state index < -0.39 is 11.9 Å². The van der Waals surface area contributed by atoms with Crippen molar-refractivity contribution in [3.63, 3.8) is 0 Å². The summed E-state index contributed by atoms with van der Waals surface area (Å²) in [6, 6.07) is 11.2. The minimum absolute atomic E-state index is 0.00848. The van der Waals surface area contributed by atoms with Crippen molar-refractivity contribution in [3.8, 4) is 10.6 Å². The van der Waals surface area contributed by atoms with Crippen LogP contribution >= 0.6 is 11.3 Å². The van der Waals surface area contributed by atoms with Gasteiger partial charge in [-0.1, -0.05) is 30.3 Å². The number of hydrogen-bond acceptors (Lipinski definition) is 6. The Balaban J connectivity index is 1.80. The second kappa shape index (κ2) is 7.46. The molecule has 0 saturated carbocycles. The fourth-order valence-corrected chi connectivity index (χ4v) is 3.88. The first kappa shape index (κ1) is 18.2. The summed E-state index contributed by atoms with van der Waals surface area (Å²) in [5.41, 5.74) is 3.00. The van der Waals surface area contributed by atoms with Crippen molar-refractivity contribution in [2.75, 3.05) is 7.11 Å². The van der Waals surface area contributed by atoms with Crippen molar-refractivity contribution in [2.45, 2.75) is 12.8 Å². The van der Waals surface area contributed by atoms with Crippen LogP contribution in [0.2, 0.25) is 0 Å². The zero-order chi connectivity index (χ0) is 19.7. The number of methoxy groups -OCH3 is 1. The van der Waals surface area contributed by atoms with Crippen LogP contribution in [0.15, 0.2) is 54.2 Å². The zero-order valence-electron chi connectivity index (χ0n) is 15.3. The number of carbonyl (C=O) groups excluding carboxylic acids is 1. The van der Waals surface area contributed by atoms with E-state index in [1.807, 2.05) is 36.4 Å². The molecule has 1 aromatic carbocycles. The molecule has 0 amide bonds. The second-order valence-electron chi connectivity index (χ2n) is 6.26. The molecule has 0 radical (unpaired) electrons. The molecule has 0 spiro atoms. The van der Waals surface area contributed by atoms with Gasteiger partial charge in [-0.3, -0.25) is 9.78 Å². The predicted molar refractivity (Wildman–Crippen MR) is 106 cm³/mol. The van der Waals surface area contributed by atoms with E-state index in [0.29, 0.717) is 22.5 Å². The fraction of sp³-hybridized carbons (Fsp3) is 0.143. The average Bonchev–Trinajstić information content (AvgIpc) is 3.38. The summed E-state index contributed by atoms with van der Waals surface area (Å²) in [5.74, 6) is -1.03. The standard InChI is InChI=1S/C21H17N3O3S/c1-12(21(26)27-2)18-17(14-7-3-4-8-15(14)23-18)19(25)16-11-28-20(24-16)13-6-5-9-22-10-13/h3-12,25H,1-2H3/q-2. The molecule has 6 nitrogen and oxygen atoms in total. The molecule has 0 aliphatic carbocycles. The normalized spacial score (nSPS) is 12.1. The van der Waals surface area contributed by atoms with Crippen molar-refractivity contribution in [3.05, 3.63) is 77.2 Å². The van der Waals surface area contributed by atoms with Crippen molar-refractivity contribution >= 4 is 28.2 Å². The van der Waals surface area contributed by atoms with Crippen LogP contribution in [-0.4, -0.2) is 33.1 Å². The molecule has 0 bridgehead atoms. The molecule has 4 rings (SSSR count). The van der Waals surface area contributed by atoms with E-state index in [4.69, 9.17) is 4.74 Å². The third-order valence-electron chi connectivity index (χ3n) is 4.53. The molecule has 142 valence electrons. The van der Waals surface area contributed by atoms with E-state index >= 15 is 0 Å². The third-order valence-corrected chi connectivity index (χ3v) is 5.42. The van der Waals surface area contributed by atoms with Gasteiger partial charge in [0.25, 0.3) is 5.97 Å². The Morgan fingerprint density at radius 1 is 1.32 bits per heavy atom. The summed E-state index contributed by atoms with van der Waals surface area (Å²) in [6.45, 7) is 1.71. The molecular weight excluding hydrogens is 374 g/mol. The molecule has 1 N–H and O–H groups in total. The highest BCUT2D eigenvalue weighted by Gasteiger charge is 2.20. The number of aromatic nitrogens is 3. The quantitative estimate of drug-likeness (QED) is 0.314. The van der Waals surface area contributed by atoms with Crippen molar-refractivity contribution in [2.24, 2.45) is 0 Å². The van der Waals surface area contributed by atoms with Gasteiger partial charge in [-0.05, 0) is 17.5 Å². The first-order valence-electron chi connectivity index (χ1n) is 8.66. The van der Waals surface area contributed by atoms with E-state index in [0.717, 1.165) is 16.0 Å². The summed E-state index contributed by atoms with van der Waals surface area (Å²) in [5, 5.41) is 14.4. The van der Waals surface area contributed by atoms with Crippen LogP contribution in [0.25, 0.3) is 21.5 Å². The second-order valence-corrected chi connectivity index (χ2v) is 7.12. The van der Waals surface area contributed by atoms with Gasteiger partial charge in [-0.2, -0.15) is 35.2 Å². The SMILES string of the molecule is COC(=O)C(C)c1nc2cccc[c-]2c1[C-](O)c1c[s+][c-](-c2cccnc2)n1. The van der Waals surface area contributed by atoms with Gasteiger partial charge >= 0.3 is 0 Å².